The van der Waals surface area contributed by atoms with Crippen LogP contribution in [0.5, 0.6) is 0 Å². The highest BCUT2D eigenvalue weighted by Gasteiger charge is 2.32. The molecule has 1 amide bonds. The third kappa shape index (κ3) is 6.31. The number of fused-ring (bicyclic) bond motifs is 1. The van der Waals surface area contributed by atoms with Crippen LogP contribution >= 0.6 is 0 Å². The number of aromatic nitrogens is 3. The van der Waals surface area contributed by atoms with E-state index < -0.39 is 15.9 Å². The second-order valence-electron chi connectivity index (χ2n) is 11.7. The number of hydrogen-bond acceptors (Lipinski definition) is 9. The number of piperidine rings is 1. The Balaban J connectivity index is 1.35. The lowest BCUT2D eigenvalue weighted by Crippen LogP contribution is -2.39. The number of nitrogens with zero attached hydrogens (tertiary/aromatic N) is 5. The van der Waals surface area contributed by atoms with Gasteiger partial charge in [0.2, 0.25) is 10.0 Å². The molecule has 3 aromatic rings. The number of para-hydroxylation sites is 1. The summed E-state index contributed by atoms with van der Waals surface area (Å²) in [7, 11) is -3.87. The van der Waals surface area contributed by atoms with E-state index in [0.29, 0.717) is 44.3 Å². The summed E-state index contributed by atoms with van der Waals surface area (Å²) in [5.74, 6) is -0.458. The van der Waals surface area contributed by atoms with E-state index in [4.69, 9.17) is 14.8 Å². The molecule has 1 aliphatic carbocycles. The van der Waals surface area contributed by atoms with Gasteiger partial charge >= 0.3 is 0 Å². The predicted octanol–water partition coefficient (Wildman–Crippen LogP) is 2.68. The Kier molecular flexibility index (Phi) is 8.75. The van der Waals surface area contributed by atoms with E-state index in [1.807, 2.05) is 30.3 Å². The van der Waals surface area contributed by atoms with E-state index in [1.165, 1.54) is 0 Å². The van der Waals surface area contributed by atoms with Gasteiger partial charge in [0, 0.05) is 38.7 Å². The number of ether oxygens (including phenoxy) is 1. The monoisotopic (exact) mass is 596 g/mol. The Morgan fingerprint density at radius 3 is 2.57 bits per heavy atom. The lowest BCUT2D eigenvalue weighted by molar-refractivity contribution is 0.0381. The minimum Gasteiger partial charge on any atom is -0.396 e. The molecule has 0 bridgehead atoms. The highest BCUT2D eigenvalue weighted by molar-refractivity contribution is 7.90. The molecular weight excluding hydrogens is 556 g/mol. The van der Waals surface area contributed by atoms with E-state index in [1.54, 1.807) is 10.7 Å². The van der Waals surface area contributed by atoms with Crippen molar-refractivity contribution >= 4 is 32.7 Å². The summed E-state index contributed by atoms with van der Waals surface area (Å²) in [5.41, 5.74) is 3.21. The molecule has 12 heteroatoms. The Morgan fingerprint density at radius 2 is 1.86 bits per heavy atom. The fourth-order valence-corrected chi connectivity index (χ4v) is 7.18. The molecule has 6 rings (SSSR count). The van der Waals surface area contributed by atoms with Crippen LogP contribution in [0.15, 0.2) is 36.4 Å². The number of carbonyl (C=O) groups excluding carboxylic acids is 1. The molecule has 226 valence electrons. The Labute approximate surface area is 246 Å². The van der Waals surface area contributed by atoms with Crippen molar-refractivity contribution in [2.45, 2.75) is 44.4 Å². The SMILES string of the molecule is O=C(NS(=O)(=O)CCCN1CCOCC1)c1cc(N2CCC[C@@H](CO)C2)c2c(C3CCC3)nn(-c3ccccc3)c2n1. The highest BCUT2D eigenvalue weighted by atomic mass is 32.2. The van der Waals surface area contributed by atoms with Crippen LogP contribution in [0.3, 0.4) is 0 Å². The molecule has 3 fully saturated rings. The van der Waals surface area contributed by atoms with Crippen LogP contribution < -0.4 is 9.62 Å². The van der Waals surface area contributed by atoms with E-state index >= 15 is 0 Å². The summed E-state index contributed by atoms with van der Waals surface area (Å²) in [6, 6.07) is 11.4. The summed E-state index contributed by atoms with van der Waals surface area (Å²) in [6.07, 6.45) is 5.51. The molecule has 2 saturated heterocycles. The van der Waals surface area contributed by atoms with Crippen LogP contribution in [-0.4, -0.2) is 97.4 Å². The van der Waals surface area contributed by atoms with Gasteiger partial charge in [0.25, 0.3) is 5.91 Å². The van der Waals surface area contributed by atoms with E-state index in [2.05, 4.69) is 14.5 Å². The number of sulfonamides is 1. The summed E-state index contributed by atoms with van der Waals surface area (Å²) in [4.78, 5) is 22.7. The minimum atomic E-state index is -3.87. The first-order valence-electron chi connectivity index (χ1n) is 15.1. The van der Waals surface area contributed by atoms with Crippen molar-refractivity contribution in [1.29, 1.82) is 0 Å². The minimum absolute atomic E-state index is 0.0395. The standard InChI is InChI=1S/C30H40N6O5S/c37-21-22-7-5-13-35(20-22)26-19-25(30(38)33-42(39,40)18-6-12-34-14-16-41-17-15-34)31-29-27(26)28(23-8-4-9-23)32-36(29)24-10-2-1-3-11-24/h1-3,10-11,19,22-23,37H,4-9,12-18,20-21H2,(H,33,38)/t22-/m1/s1. The van der Waals surface area contributed by atoms with Crippen LogP contribution in [0.25, 0.3) is 16.7 Å². The van der Waals surface area contributed by atoms with Crippen molar-refractivity contribution in [2.24, 2.45) is 5.92 Å². The normalized spacial score (nSPS) is 20.5. The fraction of sp³-hybridized carbons (Fsp3) is 0.567. The number of carbonyl (C=O) groups is 1. The molecule has 1 saturated carbocycles. The number of pyridine rings is 1. The number of hydrogen-bond donors (Lipinski definition) is 2. The van der Waals surface area contributed by atoms with Gasteiger partial charge < -0.3 is 14.7 Å². The number of rotatable bonds is 10. The molecule has 2 aromatic heterocycles. The van der Waals surface area contributed by atoms with Crippen LogP contribution in [-0.2, 0) is 14.8 Å². The number of aliphatic hydroxyl groups excluding tert-OH is 1. The van der Waals surface area contributed by atoms with Crippen molar-refractivity contribution in [2.75, 3.05) is 63.2 Å². The van der Waals surface area contributed by atoms with Crippen LogP contribution in [0, 0.1) is 5.92 Å². The third-order valence-electron chi connectivity index (χ3n) is 8.73. The van der Waals surface area contributed by atoms with Gasteiger partial charge in [0.15, 0.2) is 5.65 Å². The van der Waals surface area contributed by atoms with Crippen LogP contribution in [0.1, 0.15) is 60.6 Å². The molecule has 3 aliphatic rings. The second-order valence-corrected chi connectivity index (χ2v) is 13.5. The van der Waals surface area contributed by atoms with E-state index in [-0.39, 0.29) is 24.0 Å². The number of nitrogens with one attached hydrogen (secondary N) is 1. The van der Waals surface area contributed by atoms with E-state index in [9.17, 15) is 18.3 Å². The first-order chi connectivity index (χ1) is 20.4. The van der Waals surface area contributed by atoms with Gasteiger partial charge in [-0.15, -0.1) is 0 Å². The molecular formula is C30H40N6O5S. The van der Waals surface area contributed by atoms with Gasteiger partial charge in [0.05, 0.1) is 41.4 Å². The van der Waals surface area contributed by atoms with Gasteiger partial charge in [-0.1, -0.05) is 24.6 Å². The van der Waals surface area contributed by atoms with Gasteiger partial charge in [-0.2, -0.15) is 5.10 Å². The maximum atomic E-state index is 13.5. The lowest BCUT2D eigenvalue weighted by Gasteiger charge is -2.34. The molecule has 42 heavy (non-hydrogen) atoms. The Bertz CT molecular complexity index is 1500. The Morgan fingerprint density at radius 1 is 1.07 bits per heavy atom. The molecule has 4 heterocycles. The number of morpholine rings is 1. The molecule has 0 spiro atoms. The second kappa shape index (κ2) is 12.7. The van der Waals surface area contributed by atoms with Gasteiger partial charge in [-0.05, 0) is 62.8 Å². The highest BCUT2D eigenvalue weighted by Crippen LogP contribution is 2.43. The summed E-state index contributed by atoms with van der Waals surface area (Å²) in [6.45, 7) is 5.02. The average Bonchev–Trinajstić information content (AvgIpc) is 3.35. The average molecular weight is 597 g/mol. The third-order valence-corrected chi connectivity index (χ3v) is 10.0. The summed E-state index contributed by atoms with van der Waals surface area (Å²) >= 11 is 0. The van der Waals surface area contributed by atoms with Crippen molar-refractivity contribution < 1.29 is 23.1 Å². The molecule has 2 N–H and O–H groups in total. The summed E-state index contributed by atoms with van der Waals surface area (Å²) in [5, 5.41) is 15.9. The molecule has 0 radical (unpaired) electrons. The molecule has 11 nitrogen and oxygen atoms in total. The van der Waals surface area contributed by atoms with Crippen LogP contribution in [0.2, 0.25) is 0 Å². The lowest BCUT2D eigenvalue weighted by atomic mass is 9.81. The van der Waals surface area contributed by atoms with Crippen molar-refractivity contribution in [1.82, 2.24) is 24.4 Å². The van der Waals surface area contributed by atoms with Gasteiger partial charge in [-0.25, -0.2) is 22.8 Å². The molecule has 2 aliphatic heterocycles. The molecule has 1 atom stereocenters. The first-order valence-corrected chi connectivity index (χ1v) is 16.8. The molecule has 1 aromatic carbocycles. The van der Waals surface area contributed by atoms with Crippen molar-refractivity contribution in [3.05, 3.63) is 47.8 Å². The fourth-order valence-electron chi connectivity index (χ4n) is 6.19. The maximum absolute atomic E-state index is 13.5. The quantitative estimate of drug-likeness (QED) is 0.363. The van der Waals surface area contributed by atoms with Crippen molar-refractivity contribution in [3.63, 3.8) is 0 Å². The zero-order chi connectivity index (χ0) is 29.1. The number of amides is 1. The number of benzene rings is 1. The summed E-state index contributed by atoms with van der Waals surface area (Å²) < 4.78 is 35.3. The van der Waals surface area contributed by atoms with Crippen molar-refractivity contribution in [3.8, 4) is 5.69 Å². The predicted molar refractivity (Wildman–Crippen MR) is 161 cm³/mol. The van der Waals surface area contributed by atoms with E-state index in [0.717, 1.165) is 74.2 Å². The van der Waals surface area contributed by atoms with Gasteiger partial charge in [0.1, 0.15) is 5.69 Å². The largest absolute Gasteiger partial charge is 0.396 e. The number of anilines is 1. The zero-order valence-corrected chi connectivity index (χ0v) is 24.8. The van der Waals surface area contributed by atoms with Crippen LogP contribution in [0.4, 0.5) is 5.69 Å². The first kappa shape index (κ1) is 29.0. The molecule has 0 unspecified atom stereocenters. The zero-order valence-electron chi connectivity index (χ0n) is 23.9. The smallest absolute Gasteiger partial charge is 0.283 e. The maximum Gasteiger partial charge on any atom is 0.283 e. The topological polar surface area (TPSA) is 130 Å². The van der Waals surface area contributed by atoms with Gasteiger partial charge in [-0.3, -0.25) is 9.69 Å². The Hall–Kier alpha value is -3.06. The number of aliphatic hydroxyl groups is 1.